The van der Waals surface area contributed by atoms with E-state index >= 15 is 0 Å². The van der Waals surface area contributed by atoms with Crippen molar-refractivity contribution < 1.29 is 28.4 Å². The molecule has 27 heavy (non-hydrogen) atoms. The number of para-hydroxylation sites is 1. The average molecular weight is 370 g/mol. The SMILES string of the molecule is CC(=O)OCC(C(=O)Oc1ccnc2ccccc12)c1occc1[N+](=O)[O-]. The Morgan fingerprint density at radius 2 is 2.04 bits per heavy atom. The van der Waals surface area contributed by atoms with E-state index in [1.807, 2.05) is 0 Å². The van der Waals surface area contributed by atoms with Crippen molar-refractivity contribution >= 4 is 28.5 Å². The maximum atomic E-state index is 12.7. The van der Waals surface area contributed by atoms with Crippen LogP contribution in [0.5, 0.6) is 5.75 Å². The van der Waals surface area contributed by atoms with E-state index in [0.717, 1.165) is 19.3 Å². The highest BCUT2D eigenvalue weighted by atomic mass is 16.6. The molecule has 1 atom stereocenters. The van der Waals surface area contributed by atoms with E-state index in [2.05, 4.69) is 4.98 Å². The van der Waals surface area contributed by atoms with Crippen LogP contribution in [0.2, 0.25) is 0 Å². The Balaban J connectivity index is 1.94. The highest BCUT2D eigenvalue weighted by molar-refractivity contribution is 5.89. The zero-order chi connectivity index (χ0) is 19.4. The number of aromatic nitrogens is 1. The van der Waals surface area contributed by atoms with Crippen molar-refractivity contribution in [2.75, 3.05) is 6.61 Å². The summed E-state index contributed by atoms with van der Waals surface area (Å²) >= 11 is 0. The summed E-state index contributed by atoms with van der Waals surface area (Å²) in [6.07, 6.45) is 2.56. The van der Waals surface area contributed by atoms with Gasteiger partial charge >= 0.3 is 17.6 Å². The van der Waals surface area contributed by atoms with Crippen molar-refractivity contribution in [1.82, 2.24) is 4.98 Å². The number of ether oxygens (including phenoxy) is 2. The molecule has 2 heterocycles. The van der Waals surface area contributed by atoms with Gasteiger partial charge in [0.05, 0.1) is 22.8 Å². The lowest BCUT2D eigenvalue weighted by atomic mass is 10.1. The molecule has 9 heteroatoms. The third-order valence-corrected chi connectivity index (χ3v) is 3.74. The van der Waals surface area contributed by atoms with E-state index < -0.39 is 35.1 Å². The van der Waals surface area contributed by atoms with Gasteiger partial charge in [-0.2, -0.15) is 0 Å². The molecule has 0 radical (unpaired) electrons. The highest BCUT2D eigenvalue weighted by Gasteiger charge is 2.34. The first-order valence-corrected chi connectivity index (χ1v) is 7.88. The van der Waals surface area contributed by atoms with E-state index in [1.54, 1.807) is 24.3 Å². The molecule has 0 spiro atoms. The first kappa shape index (κ1) is 18.1. The Morgan fingerprint density at radius 1 is 1.26 bits per heavy atom. The van der Waals surface area contributed by atoms with Crippen molar-refractivity contribution in [3.8, 4) is 5.75 Å². The Bertz CT molecular complexity index is 1010. The number of carbonyl (C=O) groups is 2. The Hall–Kier alpha value is -3.75. The van der Waals surface area contributed by atoms with E-state index in [0.29, 0.717) is 10.9 Å². The van der Waals surface area contributed by atoms with Crippen LogP contribution in [0.4, 0.5) is 5.69 Å². The van der Waals surface area contributed by atoms with Crippen molar-refractivity contribution in [2.45, 2.75) is 12.8 Å². The van der Waals surface area contributed by atoms with E-state index in [4.69, 9.17) is 13.9 Å². The first-order valence-electron chi connectivity index (χ1n) is 7.88. The van der Waals surface area contributed by atoms with Gasteiger partial charge in [-0.05, 0) is 18.2 Å². The van der Waals surface area contributed by atoms with Crippen LogP contribution in [0.25, 0.3) is 10.9 Å². The van der Waals surface area contributed by atoms with Gasteiger partial charge in [0.15, 0.2) is 11.7 Å². The summed E-state index contributed by atoms with van der Waals surface area (Å²) < 4.78 is 15.4. The monoisotopic (exact) mass is 370 g/mol. The normalized spacial score (nSPS) is 11.7. The number of pyridine rings is 1. The molecule has 3 aromatic rings. The number of rotatable bonds is 6. The van der Waals surface area contributed by atoms with Gasteiger partial charge in [0.25, 0.3) is 0 Å². The predicted molar refractivity (Wildman–Crippen MR) is 92.1 cm³/mol. The minimum absolute atomic E-state index is 0.229. The largest absolute Gasteiger partial charge is 0.464 e. The topological polar surface area (TPSA) is 122 Å². The van der Waals surface area contributed by atoms with Crippen molar-refractivity contribution in [2.24, 2.45) is 0 Å². The molecule has 0 bridgehead atoms. The molecule has 2 aromatic heterocycles. The molecule has 0 amide bonds. The quantitative estimate of drug-likeness (QED) is 0.369. The lowest BCUT2D eigenvalue weighted by molar-refractivity contribution is -0.386. The van der Waals surface area contributed by atoms with Crippen LogP contribution in [-0.4, -0.2) is 28.5 Å². The zero-order valence-corrected chi connectivity index (χ0v) is 14.2. The van der Waals surface area contributed by atoms with E-state index in [9.17, 15) is 19.7 Å². The molecule has 0 aliphatic rings. The third-order valence-electron chi connectivity index (χ3n) is 3.74. The number of hydrogen-bond donors (Lipinski definition) is 0. The van der Waals surface area contributed by atoms with Gasteiger partial charge in [-0.1, -0.05) is 12.1 Å². The zero-order valence-electron chi connectivity index (χ0n) is 14.2. The summed E-state index contributed by atoms with van der Waals surface area (Å²) in [5, 5.41) is 11.7. The summed E-state index contributed by atoms with van der Waals surface area (Å²) in [6, 6.07) is 9.64. The molecule has 0 saturated heterocycles. The number of esters is 2. The fraction of sp³-hybridized carbons (Fsp3) is 0.167. The Labute approximate surface area is 152 Å². The van der Waals surface area contributed by atoms with Gasteiger partial charge in [0.2, 0.25) is 0 Å². The number of benzene rings is 1. The molecule has 9 nitrogen and oxygen atoms in total. The van der Waals surface area contributed by atoms with Gasteiger partial charge in [-0.25, -0.2) is 0 Å². The molecule has 1 unspecified atom stereocenters. The van der Waals surface area contributed by atoms with Crippen molar-refractivity contribution in [3.05, 3.63) is 64.7 Å². The lowest BCUT2D eigenvalue weighted by Crippen LogP contribution is -2.24. The number of hydrogen-bond acceptors (Lipinski definition) is 8. The number of fused-ring (bicyclic) bond motifs is 1. The average Bonchev–Trinajstić information content (AvgIpc) is 3.12. The second-order valence-electron chi connectivity index (χ2n) is 5.53. The van der Waals surface area contributed by atoms with Crippen LogP contribution in [0.3, 0.4) is 0 Å². The van der Waals surface area contributed by atoms with Gasteiger partial charge in [-0.15, -0.1) is 0 Å². The number of nitro groups is 1. The molecule has 3 rings (SSSR count). The molecule has 0 fully saturated rings. The van der Waals surface area contributed by atoms with Crippen molar-refractivity contribution in [3.63, 3.8) is 0 Å². The summed E-state index contributed by atoms with van der Waals surface area (Å²) in [7, 11) is 0. The van der Waals surface area contributed by atoms with E-state index in [1.165, 1.54) is 12.3 Å². The van der Waals surface area contributed by atoms with Crippen LogP contribution < -0.4 is 4.74 Å². The van der Waals surface area contributed by atoms with Crippen LogP contribution in [0.1, 0.15) is 18.6 Å². The lowest BCUT2D eigenvalue weighted by Gasteiger charge is -2.14. The second-order valence-corrected chi connectivity index (χ2v) is 5.53. The van der Waals surface area contributed by atoms with Gasteiger partial charge < -0.3 is 13.9 Å². The summed E-state index contributed by atoms with van der Waals surface area (Å²) in [5.41, 5.74) is 0.215. The van der Waals surface area contributed by atoms with Crippen LogP contribution in [0, 0.1) is 10.1 Å². The maximum absolute atomic E-state index is 12.7. The molecular weight excluding hydrogens is 356 g/mol. The van der Waals surface area contributed by atoms with Crippen LogP contribution >= 0.6 is 0 Å². The molecule has 0 aliphatic carbocycles. The standard InChI is InChI=1S/C18H14N2O7/c1-11(21)26-10-13(17-15(20(23)24)7-9-25-17)18(22)27-16-6-8-19-14-5-3-2-4-12(14)16/h2-9,13H,10H2,1H3. The maximum Gasteiger partial charge on any atom is 0.325 e. The Morgan fingerprint density at radius 3 is 2.78 bits per heavy atom. The van der Waals surface area contributed by atoms with E-state index in [-0.39, 0.29) is 11.5 Å². The predicted octanol–water partition coefficient (Wildman–Crippen LogP) is 2.99. The molecule has 0 saturated carbocycles. The number of furan rings is 1. The molecule has 0 aliphatic heterocycles. The van der Waals surface area contributed by atoms with Crippen LogP contribution in [-0.2, 0) is 14.3 Å². The first-order chi connectivity index (χ1) is 13.0. The van der Waals surface area contributed by atoms with Gasteiger partial charge in [0.1, 0.15) is 12.4 Å². The minimum atomic E-state index is -1.30. The highest BCUT2D eigenvalue weighted by Crippen LogP contribution is 2.31. The fourth-order valence-corrected chi connectivity index (χ4v) is 2.52. The summed E-state index contributed by atoms with van der Waals surface area (Å²) in [4.78, 5) is 38.5. The van der Waals surface area contributed by atoms with Crippen LogP contribution in [0.15, 0.2) is 53.3 Å². The molecule has 0 N–H and O–H groups in total. The number of carbonyl (C=O) groups excluding carboxylic acids is 2. The molecule has 138 valence electrons. The third kappa shape index (κ3) is 3.92. The Kier molecular flexibility index (Phi) is 5.11. The molecule has 1 aromatic carbocycles. The van der Waals surface area contributed by atoms with Crippen molar-refractivity contribution in [1.29, 1.82) is 0 Å². The molecular formula is C18H14N2O7. The van der Waals surface area contributed by atoms with Gasteiger partial charge in [-0.3, -0.25) is 24.7 Å². The smallest absolute Gasteiger partial charge is 0.325 e. The minimum Gasteiger partial charge on any atom is -0.464 e. The second kappa shape index (κ2) is 7.65. The number of nitrogens with zero attached hydrogens (tertiary/aromatic N) is 2. The fourth-order valence-electron chi connectivity index (χ4n) is 2.52. The summed E-state index contributed by atoms with van der Waals surface area (Å²) in [5.74, 6) is -2.81. The summed E-state index contributed by atoms with van der Waals surface area (Å²) in [6.45, 7) is 0.709. The van der Waals surface area contributed by atoms with Gasteiger partial charge in [0, 0.05) is 18.5 Å².